The summed E-state index contributed by atoms with van der Waals surface area (Å²) in [6.07, 6.45) is 2.73. The third-order valence-electron chi connectivity index (χ3n) is 5.07. The highest BCUT2D eigenvalue weighted by molar-refractivity contribution is 6.02. The molecule has 1 amide bonds. The molecule has 0 saturated heterocycles. The fourth-order valence-corrected chi connectivity index (χ4v) is 3.73. The summed E-state index contributed by atoms with van der Waals surface area (Å²) in [7, 11) is 0. The highest BCUT2D eigenvalue weighted by atomic mass is 16.2. The van der Waals surface area contributed by atoms with E-state index in [-0.39, 0.29) is 11.5 Å². The van der Waals surface area contributed by atoms with Crippen molar-refractivity contribution >= 4 is 5.91 Å². The molecule has 0 bridgehead atoms. The zero-order chi connectivity index (χ0) is 18.6. The summed E-state index contributed by atoms with van der Waals surface area (Å²) >= 11 is 0. The summed E-state index contributed by atoms with van der Waals surface area (Å²) in [5.41, 5.74) is 4.14. The van der Waals surface area contributed by atoms with Gasteiger partial charge in [-0.3, -0.25) is 9.59 Å². The SMILES string of the molecule is O=C(NCc1ccccc1)c1c(-c2ccccc2)cc(=O)n2c1CCCC2. The predicted molar refractivity (Wildman–Crippen MR) is 107 cm³/mol. The van der Waals surface area contributed by atoms with Crippen LogP contribution in [0.3, 0.4) is 0 Å². The summed E-state index contributed by atoms with van der Waals surface area (Å²) in [6, 6.07) is 21.2. The molecular weight excluding hydrogens is 336 g/mol. The molecule has 0 spiro atoms. The van der Waals surface area contributed by atoms with Crippen LogP contribution in [-0.2, 0) is 19.5 Å². The number of carbonyl (C=O) groups excluding carboxylic acids is 1. The van der Waals surface area contributed by atoms with Crippen LogP contribution >= 0.6 is 0 Å². The molecule has 0 saturated carbocycles. The van der Waals surface area contributed by atoms with Crippen molar-refractivity contribution in [1.29, 1.82) is 0 Å². The third-order valence-corrected chi connectivity index (χ3v) is 5.07. The number of rotatable bonds is 4. The number of fused-ring (bicyclic) bond motifs is 1. The molecule has 0 unspecified atom stereocenters. The molecule has 4 heteroatoms. The van der Waals surface area contributed by atoms with Gasteiger partial charge in [0.1, 0.15) is 0 Å². The molecule has 1 N–H and O–H groups in total. The zero-order valence-corrected chi connectivity index (χ0v) is 15.2. The molecule has 4 rings (SSSR count). The van der Waals surface area contributed by atoms with E-state index in [0.717, 1.165) is 41.6 Å². The van der Waals surface area contributed by atoms with Gasteiger partial charge in [-0.15, -0.1) is 0 Å². The Bertz CT molecular complexity index is 1010. The van der Waals surface area contributed by atoms with E-state index < -0.39 is 0 Å². The molecule has 1 aliphatic heterocycles. The van der Waals surface area contributed by atoms with Gasteiger partial charge in [0, 0.05) is 30.4 Å². The molecule has 2 aromatic carbocycles. The Morgan fingerprint density at radius 1 is 0.963 bits per heavy atom. The van der Waals surface area contributed by atoms with E-state index in [1.165, 1.54) is 0 Å². The van der Waals surface area contributed by atoms with Crippen LogP contribution in [0, 0.1) is 0 Å². The number of benzene rings is 2. The van der Waals surface area contributed by atoms with Gasteiger partial charge in [0.05, 0.1) is 5.56 Å². The Balaban J connectivity index is 1.77. The molecule has 27 heavy (non-hydrogen) atoms. The molecule has 0 fully saturated rings. The van der Waals surface area contributed by atoms with E-state index in [0.29, 0.717) is 18.7 Å². The summed E-state index contributed by atoms with van der Waals surface area (Å²) in [5, 5.41) is 3.04. The highest BCUT2D eigenvalue weighted by Crippen LogP contribution is 2.28. The lowest BCUT2D eigenvalue weighted by Gasteiger charge is -2.23. The maximum atomic E-state index is 13.2. The van der Waals surface area contributed by atoms with Crippen molar-refractivity contribution < 1.29 is 4.79 Å². The van der Waals surface area contributed by atoms with Crippen LogP contribution in [0.4, 0.5) is 0 Å². The fraction of sp³-hybridized carbons (Fsp3) is 0.217. The van der Waals surface area contributed by atoms with Crippen LogP contribution in [0.15, 0.2) is 71.5 Å². The normalized spacial score (nSPS) is 13.0. The summed E-state index contributed by atoms with van der Waals surface area (Å²) in [6.45, 7) is 1.15. The molecular formula is C23H22N2O2. The molecule has 0 atom stereocenters. The van der Waals surface area contributed by atoms with Crippen molar-refractivity contribution in [2.75, 3.05) is 0 Å². The van der Waals surface area contributed by atoms with E-state index in [2.05, 4.69) is 5.32 Å². The molecule has 2 heterocycles. The Morgan fingerprint density at radius 2 is 1.67 bits per heavy atom. The Labute approximate surface area is 158 Å². The standard InChI is InChI=1S/C23H22N2O2/c26-21-15-19(18-11-5-2-6-12-18)22(20-13-7-8-14-25(20)21)23(27)24-16-17-9-3-1-4-10-17/h1-6,9-12,15H,7-8,13-14,16H2,(H,24,27). The van der Waals surface area contributed by atoms with E-state index in [1.54, 1.807) is 10.6 Å². The van der Waals surface area contributed by atoms with Gasteiger partial charge in [-0.2, -0.15) is 0 Å². The maximum absolute atomic E-state index is 13.2. The minimum Gasteiger partial charge on any atom is -0.348 e. The fourth-order valence-electron chi connectivity index (χ4n) is 3.73. The lowest BCUT2D eigenvalue weighted by Crippen LogP contribution is -2.33. The second kappa shape index (κ2) is 7.62. The summed E-state index contributed by atoms with van der Waals surface area (Å²) in [4.78, 5) is 25.8. The minimum atomic E-state index is -0.122. The van der Waals surface area contributed by atoms with Crippen LogP contribution < -0.4 is 10.9 Å². The summed E-state index contributed by atoms with van der Waals surface area (Å²) in [5.74, 6) is -0.122. The first-order valence-corrected chi connectivity index (χ1v) is 9.38. The van der Waals surface area contributed by atoms with Crippen LogP contribution in [0.2, 0.25) is 0 Å². The quantitative estimate of drug-likeness (QED) is 0.772. The first kappa shape index (κ1) is 17.3. The van der Waals surface area contributed by atoms with Gasteiger partial charge in [-0.1, -0.05) is 60.7 Å². The van der Waals surface area contributed by atoms with E-state index >= 15 is 0 Å². The third kappa shape index (κ3) is 3.56. The summed E-state index contributed by atoms with van der Waals surface area (Å²) < 4.78 is 1.77. The van der Waals surface area contributed by atoms with E-state index in [1.807, 2.05) is 60.7 Å². The van der Waals surface area contributed by atoms with Crippen molar-refractivity contribution in [3.63, 3.8) is 0 Å². The number of hydrogen-bond donors (Lipinski definition) is 1. The van der Waals surface area contributed by atoms with Crippen molar-refractivity contribution in [2.24, 2.45) is 0 Å². The van der Waals surface area contributed by atoms with E-state index in [9.17, 15) is 9.59 Å². The first-order valence-electron chi connectivity index (χ1n) is 9.38. The topological polar surface area (TPSA) is 51.1 Å². The number of carbonyl (C=O) groups is 1. The van der Waals surface area contributed by atoms with Gasteiger partial charge in [0.15, 0.2) is 0 Å². The van der Waals surface area contributed by atoms with Crippen molar-refractivity contribution in [1.82, 2.24) is 9.88 Å². The predicted octanol–water partition coefficient (Wildman–Crippen LogP) is 3.78. The second-order valence-corrected chi connectivity index (χ2v) is 6.86. The maximum Gasteiger partial charge on any atom is 0.253 e. The van der Waals surface area contributed by atoms with Gasteiger partial charge < -0.3 is 9.88 Å². The number of hydrogen-bond acceptors (Lipinski definition) is 2. The Kier molecular flexibility index (Phi) is 4.88. The van der Waals surface area contributed by atoms with Crippen molar-refractivity contribution in [3.8, 4) is 11.1 Å². The average molecular weight is 358 g/mol. The van der Waals surface area contributed by atoms with Crippen molar-refractivity contribution in [2.45, 2.75) is 32.4 Å². The molecule has 1 aromatic heterocycles. The minimum absolute atomic E-state index is 0.0248. The lowest BCUT2D eigenvalue weighted by molar-refractivity contribution is 0.0949. The number of amides is 1. The largest absolute Gasteiger partial charge is 0.348 e. The molecule has 1 aliphatic rings. The Morgan fingerprint density at radius 3 is 2.41 bits per heavy atom. The highest BCUT2D eigenvalue weighted by Gasteiger charge is 2.23. The van der Waals surface area contributed by atoms with Gasteiger partial charge >= 0.3 is 0 Å². The molecule has 3 aromatic rings. The molecule has 0 aliphatic carbocycles. The van der Waals surface area contributed by atoms with Gasteiger partial charge in [-0.05, 0) is 30.4 Å². The smallest absolute Gasteiger partial charge is 0.253 e. The number of aromatic nitrogens is 1. The van der Waals surface area contributed by atoms with Gasteiger partial charge in [-0.25, -0.2) is 0 Å². The van der Waals surface area contributed by atoms with Gasteiger partial charge in [0.25, 0.3) is 11.5 Å². The number of nitrogens with one attached hydrogen (secondary N) is 1. The second-order valence-electron chi connectivity index (χ2n) is 6.86. The average Bonchev–Trinajstić information content (AvgIpc) is 2.73. The van der Waals surface area contributed by atoms with Gasteiger partial charge in [0.2, 0.25) is 0 Å². The monoisotopic (exact) mass is 358 g/mol. The number of nitrogens with zero attached hydrogens (tertiary/aromatic N) is 1. The molecule has 4 nitrogen and oxygen atoms in total. The van der Waals surface area contributed by atoms with Crippen LogP contribution in [0.5, 0.6) is 0 Å². The zero-order valence-electron chi connectivity index (χ0n) is 15.2. The lowest BCUT2D eigenvalue weighted by atomic mass is 9.94. The van der Waals surface area contributed by atoms with Crippen molar-refractivity contribution in [3.05, 3.63) is 93.9 Å². The number of pyridine rings is 1. The molecule has 136 valence electrons. The first-order chi connectivity index (χ1) is 13.2. The van der Waals surface area contributed by atoms with Crippen LogP contribution in [0.25, 0.3) is 11.1 Å². The van der Waals surface area contributed by atoms with Crippen LogP contribution in [-0.4, -0.2) is 10.5 Å². The van der Waals surface area contributed by atoms with E-state index in [4.69, 9.17) is 0 Å². The molecule has 0 radical (unpaired) electrons. The van der Waals surface area contributed by atoms with Crippen LogP contribution in [0.1, 0.15) is 34.5 Å². The Hall–Kier alpha value is -3.14.